The fraction of sp³-hybridized carbons (Fsp3) is 0.286. The van der Waals surface area contributed by atoms with Crippen molar-refractivity contribution < 1.29 is 14.3 Å². The number of aliphatic hydroxyl groups is 1. The van der Waals surface area contributed by atoms with Gasteiger partial charge in [0.05, 0.1) is 24.4 Å². The highest BCUT2D eigenvalue weighted by Crippen LogP contribution is 2.39. The molecule has 0 unspecified atom stereocenters. The van der Waals surface area contributed by atoms with Crippen LogP contribution in [0.3, 0.4) is 0 Å². The molecular formula is C14H16O3S. The zero-order valence-corrected chi connectivity index (χ0v) is 11.5. The van der Waals surface area contributed by atoms with Crippen molar-refractivity contribution in [1.29, 1.82) is 0 Å². The molecule has 0 fully saturated rings. The van der Waals surface area contributed by atoms with Gasteiger partial charge >= 0.3 is 0 Å². The van der Waals surface area contributed by atoms with Crippen molar-refractivity contribution in [3.8, 4) is 5.75 Å². The fourth-order valence-corrected chi connectivity index (χ4v) is 2.88. The first-order chi connectivity index (χ1) is 8.63. The lowest BCUT2D eigenvalue weighted by Gasteiger charge is -2.15. The highest BCUT2D eigenvalue weighted by atomic mass is 32.2. The standard InChI is InChI=1S/C14H16O3S/c1-9(15)14-11(16-3)5-4-6-13(14)18-12-7-8-17-10(12)2/h4-9,15H,1-3H3/t9-/m0/s1. The summed E-state index contributed by atoms with van der Waals surface area (Å²) in [7, 11) is 1.61. The van der Waals surface area contributed by atoms with E-state index in [1.165, 1.54) is 0 Å². The van der Waals surface area contributed by atoms with Gasteiger partial charge < -0.3 is 14.3 Å². The molecular weight excluding hydrogens is 248 g/mol. The Kier molecular flexibility index (Phi) is 3.99. The van der Waals surface area contributed by atoms with Gasteiger partial charge in [-0.2, -0.15) is 0 Å². The Bertz CT molecular complexity index is 532. The fourth-order valence-electron chi connectivity index (χ4n) is 1.80. The molecule has 0 aliphatic rings. The van der Waals surface area contributed by atoms with E-state index in [0.29, 0.717) is 5.75 Å². The Labute approximate surface area is 111 Å². The number of benzene rings is 1. The molecule has 0 spiro atoms. The summed E-state index contributed by atoms with van der Waals surface area (Å²) in [4.78, 5) is 2.03. The number of methoxy groups -OCH3 is 1. The first-order valence-electron chi connectivity index (χ1n) is 5.70. The van der Waals surface area contributed by atoms with E-state index in [1.807, 2.05) is 31.2 Å². The quantitative estimate of drug-likeness (QED) is 0.912. The summed E-state index contributed by atoms with van der Waals surface area (Å²) in [5.41, 5.74) is 0.811. The second-order valence-corrected chi connectivity index (χ2v) is 5.07. The van der Waals surface area contributed by atoms with Gasteiger partial charge in [-0.25, -0.2) is 0 Å². The van der Waals surface area contributed by atoms with Crippen LogP contribution in [0.15, 0.2) is 44.7 Å². The minimum absolute atomic E-state index is 0.573. The maximum atomic E-state index is 9.90. The third-order valence-corrected chi connectivity index (χ3v) is 3.91. The molecule has 4 heteroatoms. The van der Waals surface area contributed by atoms with Crippen LogP contribution in [0.4, 0.5) is 0 Å². The number of rotatable bonds is 4. The van der Waals surface area contributed by atoms with Gasteiger partial charge in [0.1, 0.15) is 11.5 Å². The van der Waals surface area contributed by atoms with Gasteiger partial charge in [0.25, 0.3) is 0 Å². The Balaban J connectivity index is 2.41. The summed E-state index contributed by atoms with van der Waals surface area (Å²) < 4.78 is 10.6. The third-order valence-electron chi connectivity index (χ3n) is 2.69. The Hall–Kier alpha value is -1.39. The monoisotopic (exact) mass is 264 g/mol. The van der Waals surface area contributed by atoms with Gasteiger partial charge in [0, 0.05) is 10.5 Å². The van der Waals surface area contributed by atoms with Crippen LogP contribution in [0.25, 0.3) is 0 Å². The van der Waals surface area contributed by atoms with E-state index in [-0.39, 0.29) is 0 Å². The summed E-state index contributed by atoms with van der Waals surface area (Å²) in [5.74, 6) is 1.58. The van der Waals surface area contributed by atoms with Gasteiger partial charge in [-0.1, -0.05) is 17.8 Å². The highest BCUT2D eigenvalue weighted by molar-refractivity contribution is 7.99. The van der Waals surface area contributed by atoms with E-state index in [2.05, 4.69) is 0 Å². The van der Waals surface area contributed by atoms with Crippen molar-refractivity contribution in [2.75, 3.05) is 7.11 Å². The van der Waals surface area contributed by atoms with Crippen molar-refractivity contribution in [2.24, 2.45) is 0 Å². The molecule has 0 saturated carbocycles. The number of ether oxygens (including phenoxy) is 1. The molecule has 1 aromatic carbocycles. The lowest BCUT2D eigenvalue weighted by molar-refractivity contribution is 0.191. The zero-order chi connectivity index (χ0) is 13.1. The van der Waals surface area contributed by atoms with E-state index in [1.54, 1.807) is 32.1 Å². The molecule has 0 aliphatic heterocycles. The van der Waals surface area contributed by atoms with Crippen molar-refractivity contribution >= 4 is 11.8 Å². The molecule has 18 heavy (non-hydrogen) atoms. The lowest BCUT2D eigenvalue weighted by Crippen LogP contribution is -1.98. The number of hydrogen-bond donors (Lipinski definition) is 1. The second-order valence-electron chi connectivity index (χ2n) is 3.99. The first kappa shape index (κ1) is 13.1. The molecule has 0 saturated heterocycles. The summed E-state index contributed by atoms with van der Waals surface area (Å²) in [6.45, 7) is 3.66. The Morgan fingerprint density at radius 3 is 2.61 bits per heavy atom. The molecule has 1 atom stereocenters. The molecule has 1 N–H and O–H groups in total. The summed E-state index contributed by atoms with van der Waals surface area (Å²) in [5, 5.41) is 9.90. The normalized spacial score (nSPS) is 12.4. The van der Waals surface area contributed by atoms with Crippen molar-refractivity contribution in [1.82, 2.24) is 0 Å². The van der Waals surface area contributed by atoms with Gasteiger partial charge in [-0.3, -0.25) is 0 Å². The number of furan rings is 1. The van der Waals surface area contributed by atoms with Crippen LogP contribution in [-0.2, 0) is 0 Å². The third kappa shape index (κ3) is 2.54. The van der Waals surface area contributed by atoms with Crippen LogP contribution in [0, 0.1) is 6.92 Å². The number of aliphatic hydroxyl groups excluding tert-OH is 1. The average Bonchev–Trinajstić information content (AvgIpc) is 2.74. The topological polar surface area (TPSA) is 42.6 Å². The van der Waals surface area contributed by atoms with Crippen LogP contribution in [-0.4, -0.2) is 12.2 Å². The molecule has 1 heterocycles. The summed E-state index contributed by atoms with van der Waals surface area (Å²) >= 11 is 1.57. The van der Waals surface area contributed by atoms with Crippen molar-refractivity contribution in [2.45, 2.75) is 29.7 Å². The van der Waals surface area contributed by atoms with Crippen molar-refractivity contribution in [3.05, 3.63) is 41.9 Å². The average molecular weight is 264 g/mol. The van der Waals surface area contributed by atoms with E-state index < -0.39 is 6.10 Å². The minimum Gasteiger partial charge on any atom is -0.496 e. The van der Waals surface area contributed by atoms with Crippen molar-refractivity contribution in [3.63, 3.8) is 0 Å². The number of hydrogen-bond acceptors (Lipinski definition) is 4. The van der Waals surface area contributed by atoms with Gasteiger partial charge in [0.15, 0.2) is 0 Å². The van der Waals surface area contributed by atoms with Gasteiger partial charge in [-0.05, 0) is 32.0 Å². The summed E-state index contributed by atoms with van der Waals surface area (Å²) in [6, 6.07) is 7.67. The molecule has 3 nitrogen and oxygen atoms in total. The van der Waals surface area contributed by atoms with Crippen LogP contribution >= 0.6 is 11.8 Å². The zero-order valence-electron chi connectivity index (χ0n) is 10.6. The van der Waals surface area contributed by atoms with Crippen LogP contribution < -0.4 is 4.74 Å². The van der Waals surface area contributed by atoms with E-state index in [0.717, 1.165) is 21.1 Å². The summed E-state index contributed by atoms with van der Waals surface area (Å²) in [6.07, 6.45) is 1.09. The first-order valence-corrected chi connectivity index (χ1v) is 6.52. The molecule has 0 radical (unpaired) electrons. The second kappa shape index (κ2) is 5.50. The van der Waals surface area contributed by atoms with Crippen LogP contribution in [0.2, 0.25) is 0 Å². The maximum Gasteiger partial charge on any atom is 0.125 e. The molecule has 0 amide bonds. The Morgan fingerprint density at radius 2 is 2.06 bits per heavy atom. The van der Waals surface area contributed by atoms with Gasteiger partial charge in [0.2, 0.25) is 0 Å². The van der Waals surface area contributed by atoms with E-state index >= 15 is 0 Å². The predicted octanol–water partition coefficient (Wildman–Crippen LogP) is 3.80. The number of aryl methyl sites for hydroxylation is 1. The lowest BCUT2D eigenvalue weighted by atomic mass is 10.1. The molecule has 0 aliphatic carbocycles. The smallest absolute Gasteiger partial charge is 0.125 e. The van der Waals surface area contributed by atoms with Crippen LogP contribution in [0.1, 0.15) is 24.4 Å². The predicted molar refractivity (Wildman–Crippen MR) is 71.2 cm³/mol. The molecule has 96 valence electrons. The van der Waals surface area contributed by atoms with E-state index in [4.69, 9.17) is 9.15 Å². The van der Waals surface area contributed by atoms with E-state index in [9.17, 15) is 5.11 Å². The largest absolute Gasteiger partial charge is 0.496 e. The van der Waals surface area contributed by atoms with Gasteiger partial charge in [-0.15, -0.1) is 0 Å². The highest BCUT2D eigenvalue weighted by Gasteiger charge is 2.16. The minimum atomic E-state index is -0.573. The molecule has 2 rings (SSSR count). The molecule has 2 aromatic rings. The maximum absolute atomic E-state index is 9.90. The molecule has 1 aromatic heterocycles. The van der Waals surface area contributed by atoms with Crippen LogP contribution in [0.5, 0.6) is 5.75 Å². The SMILES string of the molecule is COc1cccc(Sc2ccoc2C)c1[C@H](C)O. The Morgan fingerprint density at radius 1 is 1.28 bits per heavy atom. The molecule has 0 bridgehead atoms.